The lowest BCUT2D eigenvalue weighted by Crippen LogP contribution is -2.38. The summed E-state index contributed by atoms with van der Waals surface area (Å²) in [6, 6.07) is 6.38. The molecular formula is C18H31N3OS. The molecule has 0 saturated carbocycles. The van der Waals surface area contributed by atoms with E-state index in [1.54, 1.807) is 7.11 Å². The van der Waals surface area contributed by atoms with Crippen molar-refractivity contribution in [2.24, 2.45) is 4.99 Å². The number of rotatable bonds is 10. The van der Waals surface area contributed by atoms with Gasteiger partial charge in [-0.3, -0.25) is 4.99 Å². The zero-order valence-corrected chi connectivity index (χ0v) is 15.8. The highest BCUT2D eigenvalue weighted by Gasteiger charge is 2.01. The first-order valence-corrected chi connectivity index (χ1v) is 9.75. The molecule has 0 heterocycles. The molecule has 0 saturated heterocycles. The third kappa shape index (κ3) is 8.16. The first kappa shape index (κ1) is 19.7. The van der Waals surface area contributed by atoms with Crippen molar-refractivity contribution in [3.63, 3.8) is 0 Å². The van der Waals surface area contributed by atoms with Gasteiger partial charge in [-0.15, -0.1) is 0 Å². The van der Waals surface area contributed by atoms with E-state index in [9.17, 15) is 0 Å². The van der Waals surface area contributed by atoms with Gasteiger partial charge in [-0.05, 0) is 62.3 Å². The first-order chi connectivity index (χ1) is 11.2. The topological polar surface area (TPSA) is 45.7 Å². The van der Waals surface area contributed by atoms with Gasteiger partial charge in [0.2, 0.25) is 0 Å². The van der Waals surface area contributed by atoms with E-state index in [4.69, 9.17) is 4.74 Å². The number of aryl methyl sites for hydroxylation is 1. The molecule has 0 aromatic heterocycles. The molecule has 4 nitrogen and oxygen atoms in total. The molecule has 0 unspecified atom stereocenters. The van der Waals surface area contributed by atoms with Crippen LogP contribution in [0, 0.1) is 6.92 Å². The highest BCUT2D eigenvalue weighted by molar-refractivity contribution is 7.98. The average molecular weight is 338 g/mol. The Morgan fingerprint density at radius 1 is 1.26 bits per heavy atom. The van der Waals surface area contributed by atoms with Crippen LogP contribution < -0.4 is 15.4 Å². The summed E-state index contributed by atoms with van der Waals surface area (Å²) < 4.78 is 5.38. The summed E-state index contributed by atoms with van der Waals surface area (Å²) in [5.74, 6) is 3.09. The molecule has 1 rings (SSSR count). The van der Waals surface area contributed by atoms with Gasteiger partial charge in [0.05, 0.1) is 7.11 Å². The summed E-state index contributed by atoms with van der Waals surface area (Å²) in [6.07, 6.45) is 5.47. The van der Waals surface area contributed by atoms with Crippen LogP contribution in [-0.4, -0.2) is 44.7 Å². The third-order valence-electron chi connectivity index (χ3n) is 3.55. The normalized spacial score (nSPS) is 11.4. The van der Waals surface area contributed by atoms with Crippen LogP contribution in [0.4, 0.5) is 0 Å². The Morgan fingerprint density at radius 3 is 2.78 bits per heavy atom. The van der Waals surface area contributed by atoms with E-state index < -0.39 is 0 Å². The second kappa shape index (κ2) is 12.1. The number of nitrogens with one attached hydrogen (secondary N) is 2. The van der Waals surface area contributed by atoms with E-state index in [1.165, 1.54) is 23.3 Å². The van der Waals surface area contributed by atoms with Crippen LogP contribution in [0.15, 0.2) is 23.2 Å². The van der Waals surface area contributed by atoms with Gasteiger partial charge < -0.3 is 15.4 Å². The third-order valence-corrected chi connectivity index (χ3v) is 4.25. The Kier molecular flexibility index (Phi) is 10.4. The molecule has 1 aromatic carbocycles. The molecule has 0 aliphatic rings. The van der Waals surface area contributed by atoms with Crippen molar-refractivity contribution in [1.82, 2.24) is 10.6 Å². The van der Waals surface area contributed by atoms with Gasteiger partial charge in [0.15, 0.2) is 5.96 Å². The number of benzene rings is 1. The van der Waals surface area contributed by atoms with Crippen LogP contribution >= 0.6 is 11.8 Å². The van der Waals surface area contributed by atoms with E-state index >= 15 is 0 Å². The molecule has 23 heavy (non-hydrogen) atoms. The van der Waals surface area contributed by atoms with E-state index in [0.717, 1.165) is 44.2 Å². The van der Waals surface area contributed by atoms with Crippen LogP contribution in [0.3, 0.4) is 0 Å². The number of hydrogen-bond acceptors (Lipinski definition) is 3. The summed E-state index contributed by atoms with van der Waals surface area (Å²) in [6.45, 7) is 6.79. The molecule has 5 heteroatoms. The minimum absolute atomic E-state index is 0.864. The zero-order chi connectivity index (χ0) is 16.9. The van der Waals surface area contributed by atoms with E-state index in [0.29, 0.717) is 0 Å². The summed E-state index contributed by atoms with van der Waals surface area (Å²) in [5.41, 5.74) is 2.44. The molecule has 0 amide bonds. The quantitative estimate of drug-likeness (QED) is 0.391. The van der Waals surface area contributed by atoms with Crippen molar-refractivity contribution < 1.29 is 4.74 Å². The monoisotopic (exact) mass is 337 g/mol. The number of methoxy groups -OCH3 is 1. The second-order valence-corrected chi connectivity index (χ2v) is 6.43. The summed E-state index contributed by atoms with van der Waals surface area (Å²) in [4.78, 5) is 4.62. The van der Waals surface area contributed by atoms with Crippen molar-refractivity contribution in [1.29, 1.82) is 0 Å². The SMILES string of the molecule is CCNC(=NCCCCSC)NCCc1ccc(C)c(OC)c1. The number of guanidine groups is 1. The maximum Gasteiger partial charge on any atom is 0.191 e. The minimum atomic E-state index is 0.864. The number of aliphatic imine (C=N–C) groups is 1. The zero-order valence-electron chi connectivity index (χ0n) is 14.9. The van der Waals surface area contributed by atoms with Gasteiger partial charge >= 0.3 is 0 Å². The first-order valence-electron chi connectivity index (χ1n) is 8.35. The van der Waals surface area contributed by atoms with E-state index in [1.807, 2.05) is 11.8 Å². The lowest BCUT2D eigenvalue weighted by Gasteiger charge is -2.12. The Hall–Kier alpha value is -1.36. The van der Waals surface area contributed by atoms with Crippen molar-refractivity contribution >= 4 is 17.7 Å². The summed E-state index contributed by atoms with van der Waals surface area (Å²) in [5, 5.41) is 6.71. The van der Waals surface area contributed by atoms with Crippen LogP contribution in [-0.2, 0) is 6.42 Å². The standard InChI is InChI=1S/C18H31N3OS/c1-5-19-18(20-11-6-7-13-23-4)21-12-10-16-9-8-15(2)17(14-16)22-3/h8-9,14H,5-7,10-13H2,1-4H3,(H2,19,20,21). The van der Waals surface area contributed by atoms with Crippen molar-refractivity contribution in [2.45, 2.75) is 33.1 Å². The summed E-state index contributed by atoms with van der Waals surface area (Å²) in [7, 11) is 1.72. The fraction of sp³-hybridized carbons (Fsp3) is 0.611. The van der Waals surface area contributed by atoms with Gasteiger partial charge in [-0.2, -0.15) is 11.8 Å². The number of ether oxygens (including phenoxy) is 1. The molecule has 0 fully saturated rings. The molecule has 2 N–H and O–H groups in total. The highest BCUT2D eigenvalue weighted by Crippen LogP contribution is 2.18. The van der Waals surface area contributed by atoms with Gasteiger partial charge in [0, 0.05) is 19.6 Å². The van der Waals surface area contributed by atoms with Gasteiger partial charge in [-0.25, -0.2) is 0 Å². The Bertz CT molecular complexity index is 477. The van der Waals surface area contributed by atoms with Crippen LogP contribution in [0.2, 0.25) is 0 Å². The van der Waals surface area contributed by atoms with Crippen molar-refractivity contribution in [2.75, 3.05) is 38.8 Å². The Labute approximate surface area is 145 Å². The second-order valence-electron chi connectivity index (χ2n) is 5.44. The number of unbranched alkanes of at least 4 members (excludes halogenated alkanes) is 1. The maximum absolute atomic E-state index is 5.38. The fourth-order valence-electron chi connectivity index (χ4n) is 2.24. The molecule has 1 aromatic rings. The Balaban J connectivity index is 2.41. The molecule has 0 bridgehead atoms. The largest absolute Gasteiger partial charge is 0.496 e. The van der Waals surface area contributed by atoms with Crippen LogP contribution in [0.5, 0.6) is 5.75 Å². The van der Waals surface area contributed by atoms with Crippen molar-refractivity contribution in [3.05, 3.63) is 29.3 Å². The molecule has 0 atom stereocenters. The van der Waals surface area contributed by atoms with Crippen molar-refractivity contribution in [3.8, 4) is 5.75 Å². The lowest BCUT2D eigenvalue weighted by molar-refractivity contribution is 0.411. The number of thioether (sulfide) groups is 1. The molecule has 0 aliphatic heterocycles. The summed E-state index contributed by atoms with van der Waals surface area (Å²) >= 11 is 1.90. The van der Waals surface area contributed by atoms with Crippen LogP contribution in [0.25, 0.3) is 0 Å². The maximum atomic E-state index is 5.38. The van der Waals surface area contributed by atoms with Gasteiger partial charge in [0.25, 0.3) is 0 Å². The van der Waals surface area contributed by atoms with Gasteiger partial charge in [-0.1, -0.05) is 12.1 Å². The number of hydrogen-bond donors (Lipinski definition) is 2. The molecule has 0 radical (unpaired) electrons. The lowest BCUT2D eigenvalue weighted by atomic mass is 10.1. The number of nitrogens with zero attached hydrogens (tertiary/aromatic N) is 1. The minimum Gasteiger partial charge on any atom is -0.496 e. The van der Waals surface area contributed by atoms with E-state index in [2.05, 4.69) is 53.9 Å². The van der Waals surface area contributed by atoms with E-state index in [-0.39, 0.29) is 0 Å². The predicted octanol–water partition coefficient (Wildman–Crippen LogP) is 3.24. The predicted molar refractivity (Wildman–Crippen MR) is 103 cm³/mol. The van der Waals surface area contributed by atoms with Gasteiger partial charge in [0.1, 0.15) is 5.75 Å². The average Bonchev–Trinajstić information content (AvgIpc) is 2.56. The highest BCUT2D eigenvalue weighted by atomic mass is 32.2. The van der Waals surface area contributed by atoms with Crippen LogP contribution in [0.1, 0.15) is 30.9 Å². The smallest absolute Gasteiger partial charge is 0.191 e. The molecular weight excluding hydrogens is 306 g/mol. The molecule has 0 aliphatic carbocycles. The molecule has 130 valence electrons. The fourth-order valence-corrected chi connectivity index (χ4v) is 2.73. The Morgan fingerprint density at radius 2 is 2.09 bits per heavy atom. The molecule has 0 spiro atoms.